The summed E-state index contributed by atoms with van der Waals surface area (Å²) >= 11 is 12.3. The molecule has 1 saturated heterocycles. The van der Waals surface area contributed by atoms with Crippen molar-refractivity contribution in [3.05, 3.63) is 100 Å². The average Bonchev–Trinajstić information content (AvgIpc) is 3.39. The maximum absolute atomic E-state index is 11.9. The molecule has 0 aliphatic carbocycles. The van der Waals surface area contributed by atoms with Crippen LogP contribution in [0.1, 0.15) is 40.3 Å². The van der Waals surface area contributed by atoms with E-state index in [1.165, 1.54) is 0 Å². The minimum Gasteiger partial charge on any atom is -0.495 e. The fraction of sp³-hybridized carbons (Fsp3) is 0.241. The Bertz CT molecular complexity index is 1710. The Kier molecular flexibility index (Phi) is 7.52. The summed E-state index contributed by atoms with van der Waals surface area (Å²) in [5, 5.41) is 4.66. The first kappa shape index (κ1) is 27.9. The van der Waals surface area contributed by atoms with E-state index >= 15 is 0 Å². The van der Waals surface area contributed by atoms with E-state index in [0.717, 1.165) is 45.8 Å². The van der Waals surface area contributed by atoms with E-state index in [4.69, 9.17) is 28.6 Å². The summed E-state index contributed by atoms with van der Waals surface area (Å²) in [4.78, 5) is 6.73. The molecule has 0 amide bonds. The van der Waals surface area contributed by atoms with Gasteiger partial charge >= 0.3 is 0 Å². The summed E-state index contributed by atoms with van der Waals surface area (Å²) in [6.07, 6.45) is 2.91. The molecule has 5 rings (SSSR count). The number of nitrogens with one attached hydrogen (secondary N) is 2. The number of rotatable bonds is 7. The number of anilines is 2. The Morgan fingerprint density at radius 3 is 2.50 bits per heavy atom. The molecule has 2 N–H and O–H groups in total. The van der Waals surface area contributed by atoms with Crippen molar-refractivity contribution in [2.45, 2.75) is 32.9 Å². The Morgan fingerprint density at radius 1 is 1.07 bits per heavy atom. The van der Waals surface area contributed by atoms with Crippen LogP contribution in [0.5, 0.6) is 5.75 Å². The number of methoxy groups -OCH3 is 1. The van der Waals surface area contributed by atoms with E-state index in [9.17, 15) is 8.42 Å². The van der Waals surface area contributed by atoms with E-state index in [0.29, 0.717) is 21.6 Å². The van der Waals surface area contributed by atoms with Crippen LogP contribution in [0.3, 0.4) is 0 Å². The second-order valence-corrected chi connectivity index (χ2v) is 12.4. The molecular weight excluding hydrogens is 566 g/mol. The van der Waals surface area contributed by atoms with Crippen molar-refractivity contribution in [1.82, 2.24) is 14.9 Å². The molecule has 2 unspecified atom stereocenters. The van der Waals surface area contributed by atoms with Gasteiger partial charge in [-0.3, -0.25) is 9.71 Å². The zero-order valence-corrected chi connectivity index (χ0v) is 25.2. The normalized spacial score (nSPS) is 17.1. The lowest BCUT2D eigenvalue weighted by atomic mass is 9.96. The van der Waals surface area contributed by atoms with E-state index in [2.05, 4.69) is 37.5 Å². The number of halogens is 1. The molecule has 0 spiro atoms. The lowest BCUT2D eigenvalue weighted by Crippen LogP contribution is -2.29. The highest BCUT2D eigenvalue weighted by molar-refractivity contribution is 7.92. The van der Waals surface area contributed by atoms with Gasteiger partial charge in [-0.15, -0.1) is 0 Å². The molecule has 208 valence electrons. The number of aromatic nitrogens is 2. The van der Waals surface area contributed by atoms with Crippen LogP contribution in [-0.4, -0.2) is 36.4 Å². The molecule has 2 aromatic carbocycles. The van der Waals surface area contributed by atoms with Crippen LogP contribution in [0.4, 0.5) is 11.4 Å². The minimum absolute atomic E-state index is 0.238. The summed E-state index contributed by atoms with van der Waals surface area (Å²) < 4.78 is 34.1. The number of benzene rings is 2. The summed E-state index contributed by atoms with van der Waals surface area (Å²) in [7, 11) is -1.77. The maximum atomic E-state index is 11.9. The zero-order valence-electron chi connectivity index (χ0n) is 22.8. The first-order valence-electron chi connectivity index (χ1n) is 12.6. The summed E-state index contributed by atoms with van der Waals surface area (Å²) in [5.74, 6) is 0.709. The number of sulfonamides is 1. The highest BCUT2D eigenvalue weighted by atomic mass is 35.5. The molecular formula is C29H30ClN5O3S2. The lowest BCUT2D eigenvalue weighted by molar-refractivity contribution is 0.412. The molecule has 8 nitrogen and oxygen atoms in total. The predicted molar refractivity (Wildman–Crippen MR) is 164 cm³/mol. The van der Waals surface area contributed by atoms with Crippen molar-refractivity contribution in [2.75, 3.05) is 23.0 Å². The van der Waals surface area contributed by atoms with Crippen LogP contribution in [0.25, 0.3) is 5.69 Å². The van der Waals surface area contributed by atoms with Gasteiger partial charge in [-0.25, -0.2) is 8.42 Å². The van der Waals surface area contributed by atoms with Gasteiger partial charge in [0, 0.05) is 28.3 Å². The molecule has 4 aromatic rings. The third-order valence-corrected chi connectivity index (χ3v) is 8.19. The summed E-state index contributed by atoms with van der Waals surface area (Å²) in [5.41, 5.74) is 6.91. The van der Waals surface area contributed by atoms with Gasteiger partial charge in [-0.2, -0.15) is 0 Å². The van der Waals surface area contributed by atoms with Gasteiger partial charge < -0.3 is 19.5 Å². The van der Waals surface area contributed by atoms with Crippen molar-refractivity contribution in [1.29, 1.82) is 0 Å². The summed E-state index contributed by atoms with van der Waals surface area (Å²) in [6.45, 7) is 5.99. The fourth-order valence-electron chi connectivity index (χ4n) is 5.36. The number of thiocarbonyl (C=S) groups is 1. The number of aryl methyl sites for hydroxylation is 2. The Hall–Kier alpha value is -3.60. The van der Waals surface area contributed by atoms with Gasteiger partial charge in [0.25, 0.3) is 0 Å². The SMILES string of the molecule is COc1ccc(Cl)cc1-n1c(C)cc(C2C(c3ccccn3)NC(=S)N2c2ccc(NS(C)(=O)=O)c(C)c2)c1C. The molecule has 2 atom stereocenters. The number of pyridine rings is 1. The molecule has 1 aliphatic heterocycles. The van der Waals surface area contributed by atoms with Crippen LogP contribution < -0.4 is 19.7 Å². The van der Waals surface area contributed by atoms with Gasteiger partial charge in [0.15, 0.2) is 5.11 Å². The fourth-order valence-corrected chi connectivity index (χ4v) is 6.50. The maximum Gasteiger partial charge on any atom is 0.229 e. The van der Waals surface area contributed by atoms with Gasteiger partial charge in [0.2, 0.25) is 10.0 Å². The monoisotopic (exact) mass is 595 g/mol. The van der Waals surface area contributed by atoms with E-state index in [1.54, 1.807) is 19.4 Å². The third-order valence-electron chi connectivity index (χ3n) is 7.05. The second kappa shape index (κ2) is 10.8. The van der Waals surface area contributed by atoms with Crippen molar-refractivity contribution >= 4 is 50.3 Å². The number of hydrogen-bond donors (Lipinski definition) is 2. The first-order chi connectivity index (χ1) is 19.0. The second-order valence-electron chi connectivity index (χ2n) is 9.85. The van der Waals surface area contributed by atoms with Gasteiger partial charge in [0.05, 0.1) is 42.5 Å². The molecule has 3 heterocycles. The van der Waals surface area contributed by atoms with Crippen LogP contribution in [-0.2, 0) is 10.0 Å². The lowest BCUT2D eigenvalue weighted by Gasteiger charge is -2.29. The quantitative estimate of drug-likeness (QED) is 0.253. The highest BCUT2D eigenvalue weighted by Gasteiger charge is 2.42. The van der Waals surface area contributed by atoms with Crippen molar-refractivity contribution in [3.63, 3.8) is 0 Å². The number of hydrogen-bond acceptors (Lipinski definition) is 5. The zero-order chi connectivity index (χ0) is 28.8. The van der Waals surface area contributed by atoms with Crippen LogP contribution in [0.2, 0.25) is 5.02 Å². The van der Waals surface area contributed by atoms with E-state index < -0.39 is 10.0 Å². The molecule has 1 fully saturated rings. The Morgan fingerprint density at radius 2 is 1.85 bits per heavy atom. The predicted octanol–water partition coefficient (Wildman–Crippen LogP) is 6.01. The molecule has 0 bridgehead atoms. The van der Waals surface area contributed by atoms with Gasteiger partial charge in [-0.1, -0.05) is 17.7 Å². The molecule has 0 saturated carbocycles. The van der Waals surface area contributed by atoms with Gasteiger partial charge in [0.1, 0.15) is 5.75 Å². The Labute approximate surface area is 245 Å². The molecule has 11 heteroatoms. The molecule has 1 aliphatic rings. The first-order valence-corrected chi connectivity index (χ1v) is 15.3. The molecule has 40 heavy (non-hydrogen) atoms. The average molecular weight is 596 g/mol. The van der Waals surface area contributed by atoms with E-state index in [-0.39, 0.29) is 12.1 Å². The van der Waals surface area contributed by atoms with Crippen LogP contribution in [0.15, 0.2) is 66.9 Å². The van der Waals surface area contributed by atoms with Crippen molar-refractivity contribution < 1.29 is 13.2 Å². The van der Waals surface area contributed by atoms with Crippen molar-refractivity contribution in [3.8, 4) is 11.4 Å². The topological polar surface area (TPSA) is 88.5 Å². The molecule has 0 radical (unpaired) electrons. The van der Waals surface area contributed by atoms with Crippen molar-refractivity contribution in [2.24, 2.45) is 0 Å². The molecule has 2 aromatic heterocycles. The van der Waals surface area contributed by atoms with E-state index in [1.807, 2.05) is 62.4 Å². The minimum atomic E-state index is -3.42. The smallest absolute Gasteiger partial charge is 0.229 e. The third kappa shape index (κ3) is 5.26. The van der Waals surface area contributed by atoms with Crippen LogP contribution in [0, 0.1) is 20.8 Å². The Balaban J connectivity index is 1.67. The number of nitrogens with zero attached hydrogens (tertiary/aromatic N) is 3. The van der Waals surface area contributed by atoms with Crippen LogP contribution >= 0.6 is 23.8 Å². The number of ether oxygens (including phenoxy) is 1. The van der Waals surface area contributed by atoms with Gasteiger partial charge in [-0.05, 0) is 98.7 Å². The largest absolute Gasteiger partial charge is 0.495 e. The summed E-state index contributed by atoms with van der Waals surface area (Å²) in [6, 6.07) is 18.6. The highest BCUT2D eigenvalue weighted by Crippen LogP contribution is 2.45. The standard InChI is InChI=1S/C29H30ClN5O3S2/c1-17-14-21(10-11-23(17)33-40(5,36)37)35-28(27(32-29(35)39)24-8-6-7-13-31-24)22-15-18(2)34(19(22)3)25-16-20(30)9-12-26(25)38-4/h6-16,27-28,33H,1-5H3,(H,32,39).